The van der Waals surface area contributed by atoms with Gasteiger partial charge in [-0.05, 0) is 69.5 Å². The van der Waals surface area contributed by atoms with Gasteiger partial charge in [-0.25, -0.2) is 4.79 Å². The van der Waals surface area contributed by atoms with Gasteiger partial charge in [0.05, 0.1) is 17.0 Å². The van der Waals surface area contributed by atoms with Crippen LogP contribution in [0.25, 0.3) is 6.08 Å². The summed E-state index contributed by atoms with van der Waals surface area (Å²) in [5, 5.41) is 24.0. The number of benzene rings is 2. The Kier molecular flexibility index (Phi) is 7.66. The molecule has 0 spiro atoms. The van der Waals surface area contributed by atoms with Crippen LogP contribution in [-0.4, -0.2) is 52.3 Å². The smallest absolute Gasteiger partial charge is 0.409 e. The number of carbonyl (C=O) groups is 2. The lowest BCUT2D eigenvalue weighted by molar-refractivity contribution is 0.0376. The topological polar surface area (TPSA) is 102 Å². The maximum absolute atomic E-state index is 12.6. The van der Waals surface area contributed by atoms with Gasteiger partial charge in [-0.3, -0.25) is 10.1 Å². The molecule has 0 bridgehead atoms. The summed E-state index contributed by atoms with van der Waals surface area (Å²) >= 11 is 0. The Labute approximate surface area is 188 Å². The van der Waals surface area contributed by atoms with Crippen molar-refractivity contribution in [3.8, 4) is 0 Å². The lowest BCUT2D eigenvalue weighted by atomic mass is 10.0. The molecule has 0 aliphatic carbocycles. The van der Waals surface area contributed by atoms with Gasteiger partial charge in [0, 0.05) is 18.7 Å². The summed E-state index contributed by atoms with van der Waals surface area (Å²) in [6.45, 7) is 6.27. The van der Waals surface area contributed by atoms with Crippen molar-refractivity contribution in [2.75, 3.05) is 30.3 Å². The largest absolute Gasteiger partial charge is 0.465 e. The lowest BCUT2D eigenvalue weighted by Gasteiger charge is -2.27. The van der Waals surface area contributed by atoms with E-state index in [0.717, 1.165) is 37.9 Å². The molecule has 0 radical (unpaired) electrons. The van der Waals surface area contributed by atoms with Gasteiger partial charge in [-0.2, -0.15) is 0 Å². The zero-order chi connectivity index (χ0) is 23.1. The van der Waals surface area contributed by atoms with Crippen LogP contribution in [0.5, 0.6) is 0 Å². The number of nitrogens with one attached hydrogen (secondary N) is 2. The second-order valence-electron chi connectivity index (χ2n) is 8.80. The van der Waals surface area contributed by atoms with E-state index in [1.165, 1.54) is 5.57 Å². The summed E-state index contributed by atoms with van der Waals surface area (Å²) in [7, 11) is 0. The molecule has 4 N–H and O–H groups in total. The molecular weight excluding hydrogens is 406 g/mol. The molecule has 3 rings (SSSR count). The Morgan fingerprint density at radius 1 is 1.00 bits per heavy atom. The first-order valence-electron chi connectivity index (χ1n) is 10.8. The molecule has 2 aromatic carbocycles. The Morgan fingerprint density at radius 3 is 2.28 bits per heavy atom. The second kappa shape index (κ2) is 10.4. The van der Waals surface area contributed by atoms with Crippen LogP contribution in [0.4, 0.5) is 16.2 Å². The minimum Gasteiger partial charge on any atom is -0.465 e. The third-order valence-electron chi connectivity index (χ3n) is 5.29. The first-order valence-corrected chi connectivity index (χ1v) is 10.8. The van der Waals surface area contributed by atoms with Crippen molar-refractivity contribution in [2.45, 2.75) is 38.7 Å². The van der Waals surface area contributed by atoms with E-state index in [1.54, 1.807) is 36.4 Å². The number of para-hydroxylation sites is 2. The number of rotatable bonds is 6. The molecule has 1 fully saturated rings. The molecule has 2 amide bonds. The molecule has 1 saturated heterocycles. The number of likely N-dealkylation sites (tertiary alicyclic amines) is 1. The van der Waals surface area contributed by atoms with Gasteiger partial charge in [0.2, 0.25) is 0 Å². The summed E-state index contributed by atoms with van der Waals surface area (Å²) in [5.41, 5.74) is 2.94. The fraction of sp³-hybridized carbons (Fsp3) is 0.360. The first kappa shape index (κ1) is 23.5. The molecule has 7 nitrogen and oxygen atoms in total. The summed E-state index contributed by atoms with van der Waals surface area (Å²) < 4.78 is 0. The zero-order valence-electron chi connectivity index (χ0n) is 18.6. The lowest BCUT2D eigenvalue weighted by Crippen LogP contribution is -2.39. The maximum atomic E-state index is 12.6. The highest BCUT2D eigenvalue weighted by Gasteiger charge is 2.20. The number of nitrogens with zero attached hydrogens (tertiary/aromatic N) is 1. The van der Waals surface area contributed by atoms with Gasteiger partial charge in [0.15, 0.2) is 0 Å². The van der Waals surface area contributed by atoms with Crippen LogP contribution < -0.4 is 10.6 Å². The number of hydrogen-bond acceptors (Lipinski definition) is 4. The number of aliphatic hydroxyl groups is 1. The van der Waals surface area contributed by atoms with Gasteiger partial charge < -0.3 is 20.4 Å². The molecule has 32 heavy (non-hydrogen) atoms. The summed E-state index contributed by atoms with van der Waals surface area (Å²) in [5.74, 6) is -0.305. The van der Waals surface area contributed by atoms with Crippen molar-refractivity contribution >= 4 is 29.5 Å². The predicted molar refractivity (Wildman–Crippen MR) is 127 cm³/mol. The molecule has 170 valence electrons. The normalized spacial score (nSPS) is 16.4. The van der Waals surface area contributed by atoms with Crippen LogP contribution in [0, 0.1) is 0 Å². The fourth-order valence-electron chi connectivity index (χ4n) is 3.90. The van der Waals surface area contributed by atoms with Gasteiger partial charge in [0.1, 0.15) is 0 Å². The van der Waals surface area contributed by atoms with Crippen LogP contribution in [0.2, 0.25) is 0 Å². The summed E-state index contributed by atoms with van der Waals surface area (Å²) in [4.78, 5) is 25.9. The van der Waals surface area contributed by atoms with Crippen LogP contribution in [0.3, 0.4) is 0 Å². The Morgan fingerprint density at radius 2 is 1.66 bits per heavy atom. The average Bonchev–Trinajstić information content (AvgIpc) is 2.93. The van der Waals surface area contributed by atoms with Crippen LogP contribution in [0.15, 0.2) is 54.1 Å². The molecule has 7 heteroatoms. The molecule has 0 atom stereocenters. The van der Waals surface area contributed by atoms with Gasteiger partial charge in [0.25, 0.3) is 5.91 Å². The van der Waals surface area contributed by atoms with E-state index in [4.69, 9.17) is 5.11 Å². The maximum Gasteiger partial charge on any atom is 0.409 e. The number of carboxylic acid groups (broad SMARTS) is 1. The number of amides is 2. The van der Waals surface area contributed by atoms with E-state index in [0.29, 0.717) is 23.5 Å². The molecule has 2 aromatic rings. The second-order valence-corrected chi connectivity index (χ2v) is 8.80. The quantitative estimate of drug-likeness (QED) is 0.526. The molecule has 1 heterocycles. The summed E-state index contributed by atoms with van der Waals surface area (Å²) in [6.07, 6.45) is 4.04. The third-order valence-corrected chi connectivity index (χ3v) is 5.29. The summed E-state index contributed by atoms with van der Waals surface area (Å²) in [6, 6.07) is 14.0. The number of β-amino-alcohol motifs (C(OH)–C–C–N with tert-alkyl or cyclic N) is 1. The van der Waals surface area contributed by atoms with Crippen molar-refractivity contribution in [2.24, 2.45) is 0 Å². The molecule has 0 saturated carbocycles. The number of hydrogen-bond donors (Lipinski definition) is 4. The number of anilines is 2. The highest BCUT2D eigenvalue weighted by molar-refractivity contribution is 6.06. The van der Waals surface area contributed by atoms with E-state index in [9.17, 15) is 14.7 Å². The van der Waals surface area contributed by atoms with Crippen molar-refractivity contribution in [1.29, 1.82) is 0 Å². The zero-order valence-corrected chi connectivity index (χ0v) is 18.6. The van der Waals surface area contributed by atoms with Gasteiger partial charge in [-0.1, -0.05) is 35.9 Å². The Bertz CT molecular complexity index is 977. The van der Waals surface area contributed by atoms with E-state index in [1.807, 2.05) is 26.0 Å². The Hall–Kier alpha value is -3.16. The minimum absolute atomic E-state index is 0.305. The van der Waals surface area contributed by atoms with E-state index < -0.39 is 11.7 Å². The Balaban J connectivity index is 1.63. The van der Waals surface area contributed by atoms with Crippen molar-refractivity contribution < 1.29 is 19.8 Å². The van der Waals surface area contributed by atoms with E-state index >= 15 is 0 Å². The molecular formula is C25H31N3O4. The van der Waals surface area contributed by atoms with Gasteiger partial charge in [-0.15, -0.1) is 0 Å². The molecule has 0 aromatic heterocycles. The van der Waals surface area contributed by atoms with E-state index in [2.05, 4.69) is 21.6 Å². The average molecular weight is 438 g/mol. The standard InChI is InChI=1S/C25H31N3O4/c1-25(2,32)17-28-14-5-6-18(13-15-28)16-19-9-11-20(12-10-19)23(29)26-21-7-3-4-8-22(21)27-24(30)31/h3-4,7-12,16,27,32H,5-6,13-15,17H2,1-2H3,(H,26,29)(H,30,31). The number of carbonyl (C=O) groups excluding carboxylic acids is 1. The highest BCUT2D eigenvalue weighted by Crippen LogP contribution is 2.23. The SMILES string of the molecule is CC(C)(O)CN1CCCC(=Cc2ccc(C(=O)Nc3ccccc3NC(=O)O)cc2)CC1. The van der Waals surface area contributed by atoms with Gasteiger partial charge >= 0.3 is 6.09 Å². The van der Waals surface area contributed by atoms with Crippen molar-refractivity contribution in [3.05, 3.63) is 65.2 Å². The third kappa shape index (κ3) is 7.21. The van der Waals surface area contributed by atoms with E-state index in [-0.39, 0.29) is 5.91 Å². The monoisotopic (exact) mass is 437 g/mol. The van der Waals surface area contributed by atoms with Crippen LogP contribution >= 0.6 is 0 Å². The van der Waals surface area contributed by atoms with Crippen LogP contribution in [0.1, 0.15) is 49.0 Å². The van der Waals surface area contributed by atoms with Crippen LogP contribution in [-0.2, 0) is 0 Å². The minimum atomic E-state index is -1.19. The fourth-order valence-corrected chi connectivity index (χ4v) is 3.90. The van der Waals surface area contributed by atoms with Crippen molar-refractivity contribution in [1.82, 2.24) is 4.90 Å². The highest BCUT2D eigenvalue weighted by atomic mass is 16.4. The molecule has 1 aliphatic heterocycles. The molecule has 1 aliphatic rings. The predicted octanol–water partition coefficient (Wildman–Crippen LogP) is 4.67. The first-order chi connectivity index (χ1) is 15.2. The van der Waals surface area contributed by atoms with Crippen molar-refractivity contribution in [3.63, 3.8) is 0 Å². The molecule has 0 unspecified atom stereocenters.